The third-order valence-corrected chi connectivity index (χ3v) is 3.09. The van der Waals surface area contributed by atoms with E-state index in [-0.39, 0.29) is 0 Å². The van der Waals surface area contributed by atoms with Gasteiger partial charge in [-0.2, -0.15) is 10.1 Å². The van der Waals surface area contributed by atoms with Crippen molar-refractivity contribution in [3.8, 4) is 5.95 Å². The molecule has 106 valence electrons. The van der Waals surface area contributed by atoms with E-state index in [0.29, 0.717) is 5.95 Å². The van der Waals surface area contributed by atoms with Gasteiger partial charge >= 0.3 is 0 Å². The quantitative estimate of drug-likeness (QED) is 0.799. The van der Waals surface area contributed by atoms with Crippen LogP contribution in [-0.2, 0) is 0 Å². The van der Waals surface area contributed by atoms with Gasteiger partial charge in [-0.3, -0.25) is 0 Å². The molecule has 0 fully saturated rings. The zero-order valence-corrected chi connectivity index (χ0v) is 12.3. The molecule has 0 unspecified atom stereocenters. The smallest absolute Gasteiger partial charge is 0.252 e. The van der Waals surface area contributed by atoms with Crippen molar-refractivity contribution < 1.29 is 0 Å². The summed E-state index contributed by atoms with van der Waals surface area (Å²) in [6.07, 6.45) is 0. The highest BCUT2D eigenvalue weighted by Gasteiger charge is 2.09. The molecule has 1 aromatic carbocycles. The number of nitrogens with one attached hydrogen (secondary N) is 1. The van der Waals surface area contributed by atoms with Crippen molar-refractivity contribution in [1.29, 1.82) is 0 Å². The number of benzene rings is 1. The van der Waals surface area contributed by atoms with Gasteiger partial charge < -0.3 is 5.32 Å². The lowest BCUT2D eigenvalue weighted by atomic mass is 10.3. The minimum Gasteiger partial charge on any atom is -0.340 e. The summed E-state index contributed by atoms with van der Waals surface area (Å²) >= 11 is 0. The number of rotatable bonds is 3. The zero-order valence-electron chi connectivity index (χ0n) is 12.3. The van der Waals surface area contributed by atoms with Crippen LogP contribution in [0, 0.1) is 20.8 Å². The van der Waals surface area contributed by atoms with Gasteiger partial charge in [0.25, 0.3) is 5.95 Å². The Kier molecular flexibility index (Phi) is 3.39. The van der Waals surface area contributed by atoms with Crippen molar-refractivity contribution in [2.45, 2.75) is 20.8 Å². The number of hydrogen-bond acceptors (Lipinski definition) is 4. The molecule has 0 bridgehead atoms. The molecule has 2 aromatic heterocycles. The highest BCUT2D eigenvalue weighted by Crippen LogP contribution is 2.17. The van der Waals surface area contributed by atoms with Gasteiger partial charge in [0.2, 0.25) is 0 Å². The average molecular weight is 279 g/mol. The monoisotopic (exact) mass is 279 g/mol. The van der Waals surface area contributed by atoms with Gasteiger partial charge in [-0.15, -0.1) is 0 Å². The number of anilines is 2. The fourth-order valence-corrected chi connectivity index (χ4v) is 2.21. The van der Waals surface area contributed by atoms with Crippen LogP contribution < -0.4 is 5.32 Å². The Morgan fingerprint density at radius 1 is 0.905 bits per heavy atom. The lowest BCUT2D eigenvalue weighted by Crippen LogP contribution is -2.08. The Morgan fingerprint density at radius 2 is 1.67 bits per heavy atom. The molecular weight excluding hydrogens is 262 g/mol. The maximum Gasteiger partial charge on any atom is 0.252 e. The van der Waals surface area contributed by atoms with Gasteiger partial charge in [0.15, 0.2) is 0 Å². The summed E-state index contributed by atoms with van der Waals surface area (Å²) in [5.41, 5.74) is 3.86. The van der Waals surface area contributed by atoms with E-state index in [1.165, 1.54) is 0 Å². The molecule has 3 rings (SSSR count). The predicted octanol–water partition coefficient (Wildman–Crippen LogP) is 3.33. The molecule has 0 radical (unpaired) electrons. The van der Waals surface area contributed by atoms with Crippen LogP contribution >= 0.6 is 0 Å². The molecule has 0 amide bonds. The minimum absolute atomic E-state index is 0.582. The van der Waals surface area contributed by atoms with Crippen molar-refractivity contribution in [2.75, 3.05) is 5.32 Å². The standard InChI is InChI=1S/C16H17N5/c1-11-10-15(18-14-7-5-4-6-8-14)19-16(17-11)21-13(3)9-12(2)20-21/h4-10H,1-3H3,(H,17,18,19). The van der Waals surface area contributed by atoms with E-state index in [1.807, 2.05) is 63.2 Å². The molecule has 2 heterocycles. The highest BCUT2D eigenvalue weighted by atomic mass is 15.4. The second kappa shape index (κ2) is 5.36. The summed E-state index contributed by atoms with van der Waals surface area (Å²) in [6.45, 7) is 5.91. The van der Waals surface area contributed by atoms with E-state index in [1.54, 1.807) is 4.68 Å². The van der Waals surface area contributed by atoms with Crippen molar-refractivity contribution in [3.63, 3.8) is 0 Å². The third kappa shape index (κ3) is 2.91. The first kappa shape index (κ1) is 13.3. The molecule has 0 saturated heterocycles. The van der Waals surface area contributed by atoms with Gasteiger partial charge in [-0.25, -0.2) is 9.67 Å². The summed E-state index contributed by atoms with van der Waals surface area (Å²) in [7, 11) is 0. The summed E-state index contributed by atoms with van der Waals surface area (Å²) in [5.74, 6) is 1.34. The topological polar surface area (TPSA) is 55.6 Å². The Hall–Kier alpha value is -2.69. The zero-order chi connectivity index (χ0) is 14.8. The van der Waals surface area contributed by atoms with Crippen LogP contribution in [0.25, 0.3) is 5.95 Å². The maximum atomic E-state index is 4.55. The third-order valence-electron chi connectivity index (χ3n) is 3.09. The van der Waals surface area contributed by atoms with Gasteiger partial charge in [-0.05, 0) is 39.0 Å². The lowest BCUT2D eigenvalue weighted by molar-refractivity contribution is 0.770. The first-order valence-corrected chi connectivity index (χ1v) is 6.83. The second-order valence-corrected chi connectivity index (χ2v) is 5.02. The number of aromatic nitrogens is 4. The Morgan fingerprint density at radius 3 is 2.33 bits per heavy atom. The average Bonchev–Trinajstić information content (AvgIpc) is 2.78. The number of hydrogen-bond donors (Lipinski definition) is 1. The van der Waals surface area contributed by atoms with Gasteiger partial charge in [-0.1, -0.05) is 18.2 Å². The highest BCUT2D eigenvalue weighted by molar-refractivity contribution is 5.56. The van der Waals surface area contributed by atoms with Crippen LogP contribution in [0.2, 0.25) is 0 Å². The fraction of sp³-hybridized carbons (Fsp3) is 0.188. The van der Waals surface area contributed by atoms with E-state index in [2.05, 4.69) is 20.4 Å². The summed E-state index contributed by atoms with van der Waals surface area (Å²) in [6, 6.07) is 13.9. The molecule has 0 aliphatic carbocycles. The normalized spacial score (nSPS) is 10.6. The first-order valence-electron chi connectivity index (χ1n) is 6.83. The van der Waals surface area contributed by atoms with E-state index in [0.717, 1.165) is 28.6 Å². The summed E-state index contributed by atoms with van der Waals surface area (Å²) in [5, 5.41) is 7.72. The van der Waals surface area contributed by atoms with Crippen molar-refractivity contribution in [2.24, 2.45) is 0 Å². The first-order chi connectivity index (χ1) is 10.1. The molecule has 0 spiro atoms. The molecule has 1 N–H and O–H groups in total. The van der Waals surface area contributed by atoms with Crippen LogP contribution in [0.3, 0.4) is 0 Å². The van der Waals surface area contributed by atoms with Crippen LogP contribution in [0.5, 0.6) is 0 Å². The molecule has 0 atom stereocenters. The Labute approximate surface area is 123 Å². The molecule has 21 heavy (non-hydrogen) atoms. The molecule has 0 aliphatic rings. The van der Waals surface area contributed by atoms with Crippen molar-refractivity contribution in [3.05, 3.63) is 59.5 Å². The fourth-order valence-electron chi connectivity index (χ4n) is 2.21. The number of para-hydroxylation sites is 1. The van der Waals surface area contributed by atoms with E-state index >= 15 is 0 Å². The summed E-state index contributed by atoms with van der Waals surface area (Å²) in [4.78, 5) is 9.02. The van der Waals surface area contributed by atoms with E-state index in [9.17, 15) is 0 Å². The minimum atomic E-state index is 0.582. The van der Waals surface area contributed by atoms with Gasteiger partial charge in [0, 0.05) is 23.1 Å². The Bertz CT molecular complexity index is 762. The van der Waals surface area contributed by atoms with Crippen LogP contribution in [0.4, 0.5) is 11.5 Å². The van der Waals surface area contributed by atoms with E-state index in [4.69, 9.17) is 0 Å². The Balaban J connectivity index is 1.98. The number of aryl methyl sites for hydroxylation is 3. The van der Waals surface area contributed by atoms with E-state index < -0.39 is 0 Å². The molecule has 3 aromatic rings. The maximum absolute atomic E-state index is 4.55. The summed E-state index contributed by atoms with van der Waals surface area (Å²) < 4.78 is 1.76. The van der Waals surface area contributed by atoms with Crippen molar-refractivity contribution >= 4 is 11.5 Å². The largest absolute Gasteiger partial charge is 0.340 e. The number of nitrogens with zero attached hydrogens (tertiary/aromatic N) is 4. The molecule has 5 nitrogen and oxygen atoms in total. The van der Waals surface area contributed by atoms with Crippen LogP contribution in [-0.4, -0.2) is 19.7 Å². The predicted molar refractivity (Wildman–Crippen MR) is 83.1 cm³/mol. The molecule has 0 aliphatic heterocycles. The lowest BCUT2D eigenvalue weighted by Gasteiger charge is -2.09. The van der Waals surface area contributed by atoms with Gasteiger partial charge in [0.1, 0.15) is 5.82 Å². The molecular formula is C16H17N5. The van der Waals surface area contributed by atoms with Crippen LogP contribution in [0.1, 0.15) is 17.1 Å². The SMILES string of the molecule is Cc1cc(Nc2ccccc2)nc(-n2nc(C)cc2C)n1. The molecule has 5 heteroatoms. The van der Waals surface area contributed by atoms with Crippen molar-refractivity contribution in [1.82, 2.24) is 19.7 Å². The van der Waals surface area contributed by atoms with Gasteiger partial charge in [0.05, 0.1) is 5.69 Å². The second-order valence-electron chi connectivity index (χ2n) is 5.02. The molecule has 0 saturated carbocycles. The van der Waals surface area contributed by atoms with Crippen LogP contribution in [0.15, 0.2) is 42.5 Å².